The van der Waals surface area contributed by atoms with Gasteiger partial charge < -0.3 is 10.1 Å². The van der Waals surface area contributed by atoms with E-state index in [4.69, 9.17) is 4.74 Å². The van der Waals surface area contributed by atoms with E-state index >= 15 is 0 Å². The van der Waals surface area contributed by atoms with E-state index in [1.165, 1.54) is 16.9 Å². The van der Waals surface area contributed by atoms with E-state index in [0.717, 1.165) is 10.8 Å². The third-order valence-corrected chi connectivity index (χ3v) is 4.17. The number of rotatable bonds is 7. The zero-order valence-corrected chi connectivity index (χ0v) is 14.9. The zero-order valence-electron chi connectivity index (χ0n) is 14.1. The van der Waals surface area contributed by atoms with E-state index in [1.54, 1.807) is 5.38 Å². The molecule has 0 saturated heterocycles. The standard InChI is InChI=1S/C18H24N2O2S/c1-12(2)9-19-18(21)15-11-23-17(20-15)10-22-16-8-6-5-7-14(16)13(3)4/h5-8,11-13H,9-10H2,1-4H3,(H,19,21). The number of aromatic nitrogens is 1. The van der Waals surface area contributed by atoms with Crippen LogP contribution < -0.4 is 10.1 Å². The summed E-state index contributed by atoms with van der Waals surface area (Å²) >= 11 is 1.45. The molecule has 0 aliphatic carbocycles. The van der Waals surface area contributed by atoms with Crippen LogP contribution in [0.1, 0.15) is 54.7 Å². The Kier molecular flexibility index (Phi) is 6.16. The molecule has 0 unspecified atom stereocenters. The van der Waals surface area contributed by atoms with Gasteiger partial charge in [0.2, 0.25) is 0 Å². The minimum Gasteiger partial charge on any atom is -0.486 e. The Morgan fingerprint density at radius 3 is 2.70 bits per heavy atom. The van der Waals surface area contributed by atoms with Crippen molar-refractivity contribution in [2.75, 3.05) is 6.54 Å². The van der Waals surface area contributed by atoms with Gasteiger partial charge in [-0.2, -0.15) is 0 Å². The van der Waals surface area contributed by atoms with Crippen LogP contribution in [0.3, 0.4) is 0 Å². The Morgan fingerprint density at radius 1 is 1.26 bits per heavy atom. The van der Waals surface area contributed by atoms with Crippen molar-refractivity contribution < 1.29 is 9.53 Å². The average Bonchev–Trinajstić information content (AvgIpc) is 2.99. The molecule has 124 valence electrons. The first-order valence-electron chi connectivity index (χ1n) is 7.91. The van der Waals surface area contributed by atoms with Crippen LogP contribution in [0.2, 0.25) is 0 Å². The Bertz CT molecular complexity index is 650. The van der Waals surface area contributed by atoms with Gasteiger partial charge in [0.25, 0.3) is 5.91 Å². The van der Waals surface area contributed by atoms with Crippen molar-refractivity contribution in [3.05, 3.63) is 45.9 Å². The minimum atomic E-state index is -0.121. The van der Waals surface area contributed by atoms with Gasteiger partial charge in [-0.1, -0.05) is 45.9 Å². The summed E-state index contributed by atoms with van der Waals surface area (Å²) in [5, 5.41) is 5.46. The number of benzene rings is 1. The molecular weight excluding hydrogens is 308 g/mol. The number of para-hydroxylation sites is 1. The summed E-state index contributed by atoms with van der Waals surface area (Å²) in [7, 11) is 0. The zero-order chi connectivity index (χ0) is 16.8. The lowest BCUT2D eigenvalue weighted by atomic mass is 10.0. The van der Waals surface area contributed by atoms with Crippen molar-refractivity contribution >= 4 is 17.2 Å². The second-order valence-electron chi connectivity index (χ2n) is 6.21. The minimum absolute atomic E-state index is 0.121. The first-order valence-corrected chi connectivity index (χ1v) is 8.79. The first-order chi connectivity index (χ1) is 11.0. The number of hydrogen-bond donors (Lipinski definition) is 1. The third kappa shape index (κ3) is 5.06. The molecular formula is C18H24N2O2S. The molecule has 1 aromatic heterocycles. The molecule has 1 amide bonds. The van der Waals surface area contributed by atoms with Gasteiger partial charge >= 0.3 is 0 Å². The van der Waals surface area contributed by atoms with Crippen molar-refractivity contribution in [3.63, 3.8) is 0 Å². The second kappa shape index (κ2) is 8.11. The van der Waals surface area contributed by atoms with Gasteiger partial charge in [0, 0.05) is 11.9 Å². The second-order valence-corrected chi connectivity index (χ2v) is 7.15. The molecule has 0 aliphatic heterocycles. The monoisotopic (exact) mass is 332 g/mol. The van der Waals surface area contributed by atoms with Crippen molar-refractivity contribution in [1.82, 2.24) is 10.3 Å². The summed E-state index contributed by atoms with van der Waals surface area (Å²) in [5.41, 5.74) is 1.64. The molecule has 2 aromatic rings. The number of ether oxygens (including phenoxy) is 1. The van der Waals surface area contributed by atoms with E-state index < -0.39 is 0 Å². The van der Waals surface area contributed by atoms with Gasteiger partial charge in [0.05, 0.1) is 0 Å². The van der Waals surface area contributed by atoms with Gasteiger partial charge in [0.1, 0.15) is 23.1 Å². The van der Waals surface area contributed by atoms with Gasteiger partial charge in [-0.05, 0) is 23.5 Å². The Labute approximate surface area is 141 Å². The molecule has 1 heterocycles. The highest BCUT2D eigenvalue weighted by atomic mass is 32.1. The van der Waals surface area contributed by atoms with Crippen LogP contribution in [0.25, 0.3) is 0 Å². The number of nitrogens with one attached hydrogen (secondary N) is 1. The van der Waals surface area contributed by atoms with Gasteiger partial charge in [0.15, 0.2) is 0 Å². The molecule has 0 radical (unpaired) electrons. The highest BCUT2D eigenvalue weighted by molar-refractivity contribution is 7.09. The highest BCUT2D eigenvalue weighted by Gasteiger charge is 2.12. The lowest BCUT2D eigenvalue weighted by molar-refractivity contribution is 0.0944. The molecule has 0 spiro atoms. The molecule has 1 aromatic carbocycles. The van der Waals surface area contributed by atoms with Crippen LogP contribution in [-0.2, 0) is 6.61 Å². The maximum absolute atomic E-state index is 12.0. The fourth-order valence-corrected chi connectivity index (χ4v) is 2.78. The Balaban J connectivity index is 1.96. The van der Waals surface area contributed by atoms with E-state index in [2.05, 4.69) is 44.1 Å². The fourth-order valence-electron chi connectivity index (χ4n) is 2.10. The quantitative estimate of drug-likeness (QED) is 0.825. The van der Waals surface area contributed by atoms with Crippen molar-refractivity contribution in [2.45, 2.75) is 40.2 Å². The van der Waals surface area contributed by atoms with Crippen LogP contribution >= 0.6 is 11.3 Å². The smallest absolute Gasteiger partial charge is 0.270 e. The Morgan fingerprint density at radius 2 is 2.00 bits per heavy atom. The lowest BCUT2D eigenvalue weighted by Crippen LogP contribution is -2.27. The SMILES string of the molecule is CC(C)CNC(=O)c1csc(COc2ccccc2C(C)C)n1. The topological polar surface area (TPSA) is 51.2 Å². The van der Waals surface area contributed by atoms with Gasteiger partial charge in [-0.3, -0.25) is 4.79 Å². The fraction of sp³-hybridized carbons (Fsp3) is 0.444. The number of carbonyl (C=O) groups is 1. The largest absolute Gasteiger partial charge is 0.486 e. The number of hydrogen-bond acceptors (Lipinski definition) is 4. The average molecular weight is 332 g/mol. The van der Waals surface area contributed by atoms with Crippen LogP contribution in [0.15, 0.2) is 29.6 Å². The van der Waals surface area contributed by atoms with E-state index in [9.17, 15) is 4.79 Å². The predicted molar refractivity (Wildman–Crippen MR) is 94.1 cm³/mol. The van der Waals surface area contributed by atoms with Crippen molar-refractivity contribution in [3.8, 4) is 5.75 Å². The van der Waals surface area contributed by atoms with E-state index in [1.807, 2.05) is 18.2 Å². The summed E-state index contributed by atoms with van der Waals surface area (Å²) in [4.78, 5) is 16.3. The predicted octanol–water partition coefficient (Wildman–Crippen LogP) is 4.23. The van der Waals surface area contributed by atoms with E-state index in [0.29, 0.717) is 30.7 Å². The number of carbonyl (C=O) groups excluding carboxylic acids is 1. The number of nitrogens with zero attached hydrogens (tertiary/aromatic N) is 1. The lowest BCUT2D eigenvalue weighted by Gasteiger charge is -2.12. The third-order valence-electron chi connectivity index (χ3n) is 3.35. The van der Waals surface area contributed by atoms with Crippen LogP contribution in [0.4, 0.5) is 0 Å². The molecule has 0 atom stereocenters. The normalized spacial score (nSPS) is 11.0. The molecule has 0 aliphatic rings. The molecule has 1 N–H and O–H groups in total. The highest BCUT2D eigenvalue weighted by Crippen LogP contribution is 2.26. The van der Waals surface area contributed by atoms with Crippen LogP contribution in [0.5, 0.6) is 5.75 Å². The number of amides is 1. The molecule has 5 heteroatoms. The van der Waals surface area contributed by atoms with E-state index in [-0.39, 0.29) is 5.91 Å². The summed E-state index contributed by atoms with van der Waals surface area (Å²) in [6.45, 7) is 9.45. The molecule has 4 nitrogen and oxygen atoms in total. The summed E-state index contributed by atoms with van der Waals surface area (Å²) < 4.78 is 5.89. The summed E-state index contributed by atoms with van der Waals surface area (Å²) in [6, 6.07) is 8.03. The van der Waals surface area contributed by atoms with Crippen LogP contribution in [0, 0.1) is 5.92 Å². The first kappa shape index (κ1) is 17.5. The molecule has 0 fully saturated rings. The Hall–Kier alpha value is -1.88. The molecule has 0 bridgehead atoms. The van der Waals surface area contributed by atoms with Crippen molar-refractivity contribution in [2.24, 2.45) is 5.92 Å². The van der Waals surface area contributed by atoms with Crippen molar-refractivity contribution in [1.29, 1.82) is 0 Å². The molecule has 23 heavy (non-hydrogen) atoms. The van der Waals surface area contributed by atoms with Crippen LogP contribution in [-0.4, -0.2) is 17.4 Å². The molecule has 0 saturated carbocycles. The van der Waals surface area contributed by atoms with Gasteiger partial charge in [-0.25, -0.2) is 4.98 Å². The summed E-state index contributed by atoms with van der Waals surface area (Å²) in [6.07, 6.45) is 0. The van der Waals surface area contributed by atoms with Gasteiger partial charge in [-0.15, -0.1) is 11.3 Å². The number of thiazole rings is 1. The maximum Gasteiger partial charge on any atom is 0.270 e. The maximum atomic E-state index is 12.0. The summed E-state index contributed by atoms with van der Waals surface area (Å²) in [5.74, 6) is 1.58. The molecule has 2 rings (SSSR count).